The molecule has 1 heterocycles. The van der Waals surface area contributed by atoms with Gasteiger partial charge in [0.15, 0.2) is 0 Å². The van der Waals surface area contributed by atoms with Gasteiger partial charge in [-0.3, -0.25) is 0 Å². The number of thiophene rings is 1. The minimum absolute atomic E-state index is 0.472. The quantitative estimate of drug-likeness (QED) is 0.561. The zero-order chi connectivity index (χ0) is 9.68. The lowest BCUT2D eigenvalue weighted by molar-refractivity contribution is 0.587. The third-order valence-corrected chi connectivity index (χ3v) is 3.30. The van der Waals surface area contributed by atoms with Crippen molar-refractivity contribution in [1.29, 1.82) is 0 Å². The average molecular weight is 195 g/mol. The Morgan fingerprint density at radius 3 is 3.00 bits per heavy atom. The molecular weight excluding hydrogens is 178 g/mol. The molecule has 0 fully saturated rings. The van der Waals surface area contributed by atoms with E-state index in [0.717, 1.165) is 13.0 Å². The molecule has 1 N–H and O–H groups in total. The maximum atomic E-state index is 3.70. The lowest BCUT2D eigenvalue weighted by Gasteiger charge is -2.12. The van der Waals surface area contributed by atoms with Crippen LogP contribution in [0.5, 0.6) is 0 Å². The van der Waals surface area contributed by atoms with Crippen LogP contribution in [0.1, 0.15) is 29.8 Å². The van der Waals surface area contributed by atoms with Gasteiger partial charge < -0.3 is 5.32 Å². The molecule has 0 aliphatic rings. The Kier molecular flexibility index (Phi) is 4.19. The Hall–Kier alpha value is -0.600. The fourth-order valence-corrected chi connectivity index (χ4v) is 2.28. The van der Waals surface area contributed by atoms with E-state index in [4.69, 9.17) is 0 Å². The first-order valence-electron chi connectivity index (χ1n) is 4.64. The van der Waals surface area contributed by atoms with Crippen LogP contribution in [0.4, 0.5) is 0 Å². The topological polar surface area (TPSA) is 12.0 Å². The normalized spacial score (nSPS) is 12.8. The molecule has 1 atom stereocenters. The van der Waals surface area contributed by atoms with Crippen LogP contribution in [0.3, 0.4) is 0 Å². The molecule has 0 aliphatic heterocycles. The van der Waals surface area contributed by atoms with Crippen LogP contribution in [-0.2, 0) is 0 Å². The molecule has 13 heavy (non-hydrogen) atoms. The minimum Gasteiger partial charge on any atom is -0.309 e. The van der Waals surface area contributed by atoms with Crippen LogP contribution >= 0.6 is 11.3 Å². The molecule has 1 unspecified atom stereocenters. The third-order valence-electron chi connectivity index (χ3n) is 2.09. The summed E-state index contributed by atoms with van der Waals surface area (Å²) in [6, 6.07) is 2.64. The van der Waals surface area contributed by atoms with E-state index in [9.17, 15) is 0 Å². The molecule has 0 amide bonds. The Morgan fingerprint density at radius 1 is 1.69 bits per heavy atom. The number of hydrogen-bond donors (Lipinski definition) is 1. The van der Waals surface area contributed by atoms with Crippen molar-refractivity contribution in [3.05, 3.63) is 34.5 Å². The highest BCUT2D eigenvalue weighted by atomic mass is 32.1. The molecule has 72 valence electrons. The zero-order valence-electron chi connectivity index (χ0n) is 8.34. The SMILES string of the molecule is C=CCCNC(C)c1sccc1C. The lowest BCUT2D eigenvalue weighted by Crippen LogP contribution is -2.19. The first-order valence-corrected chi connectivity index (χ1v) is 5.52. The molecule has 0 saturated heterocycles. The summed E-state index contributed by atoms with van der Waals surface area (Å²) in [5, 5.41) is 5.62. The van der Waals surface area contributed by atoms with Gasteiger partial charge in [-0.1, -0.05) is 6.08 Å². The summed E-state index contributed by atoms with van der Waals surface area (Å²) in [5.74, 6) is 0. The van der Waals surface area contributed by atoms with Crippen molar-refractivity contribution in [2.75, 3.05) is 6.54 Å². The minimum atomic E-state index is 0.472. The van der Waals surface area contributed by atoms with E-state index in [2.05, 4.69) is 37.2 Å². The van der Waals surface area contributed by atoms with Gasteiger partial charge in [0, 0.05) is 10.9 Å². The van der Waals surface area contributed by atoms with E-state index < -0.39 is 0 Å². The standard InChI is InChI=1S/C11H17NS/c1-4-5-7-12-10(3)11-9(2)6-8-13-11/h4,6,8,10,12H,1,5,7H2,2-3H3. The fourth-order valence-electron chi connectivity index (χ4n) is 1.32. The number of hydrogen-bond acceptors (Lipinski definition) is 2. The second kappa shape index (κ2) is 5.20. The predicted molar refractivity (Wildman–Crippen MR) is 60.3 cm³/mol. The van der Waals surface area contributed by atoms with Gasteiger partial charge in [0.2, 0.25) is 0 Å². The number of aryl methyl sites for hydroxylation is 1. The molecule has 2 heteroatoms. The van der Waals surface area contributed by atoms with E-state index >= 15 is 0 Å². The maximum Gasteiger partial charge on any atom is 0.0388 e. The second-order valence-electron chi connectivity index (χ2n) is 3.22. The maximum absolute atomic E-state index is 3.70. The van der Waals surface area contributed by atoms with Gasteiger partial charge in [-0.15, -0.1) is 17.9 Å². The molecule has 1 nitrogen and oxygen atoms in total. The Bertz CT molecular complexity index is 265. The van der Waals surface area contributed by atoms with Crippen molar-refractivity contribution in [3.8, 4) is 0 Å². The summed E-state index contributed by atoms with van der Waals surface area (Å²) < 4.78 is 0. The van der Waals surface area contributed by atoms with E-state index in [0.29, 0.717) is 6.04 Å². The predicted octanol–water partition coefficient (Wildman–Crippen LogP) is 3.28. The van der Waals surface area contributed by atoms with Crippen LogP contribution in [0, 0.1) is 6.92 Å². The molecule has 1 aromatic heterocycles. The van der Waals surface area contributed by atoms with E-state index in [-0.39, 0.29) is 0 Å². The summed E-state index contributed by atoms with van der Waals surface area (Å²) in [4.78, 5) is 1.45. The Labute approximate surface area is 84.5 Å². The highest BCUT2D eigenvalue weighted by molar-refractivity contribution is 7.10. The van der Waals surface area contributed by atoms with Gasteiger partial charge in [0.1, 0.15) is 0 Å². The van der Waals surface area contributed by atoms with Gasteiger partial charge in [-0.05, 0) is 43.8 Å². The third kappa shape index (κ3) is 2.98. The first-order chi connectivity index (χ1) is 6.25. The zero-order valence-corrected chi connectivity index (χ0v) is 9.16. The highest BCUT2D eigenvalue weighted by Gasteiger charge is 2.07. The van der Waals surface area contributed by atoms with Crippen molar-refractivity contribution in [2.24, 2.45) is 0 Å². The summed E-state index contributed by atoms with van der Waals surface area (Å²) in [6.07, 6.45) is 2.98. The molecule has 0 aliphatic carbocycles. The van der Waals surface area contributed by atoms with E-state index in [1.165, 1.54) is 10.4 Å². The van der Waals surface area contributed by atoms with Crippen LogP contribution in [0.15, 0.2) is 24.1 Å². The fraction of sp³-hybridized carbons (Fsp3) is 0.455. The van der Waals surface area contributed by atoms with Crippen LogP contribution in [-0.4, -0.2) is 6.54 Å². The monoisotopic (exact) mass is 195 g/mol. The lowest BCUT2D eigenvalue weighted by atomic mass is 10.2. The Morgan fingerprint density at radius 2 is 2.46 bits per heavy atom. The Balaban J connectivity index is 2.44. The van der Waals surface area contributed by atoms with Gasteiger partial charge in [-0.2, -0.15) is 0 Å². The van der Waals surface area contributed by atoms with Crippen molar-refractivity contribution in [2.45, 2.75) is 26.3 Å². The van der Waals surface area contributed by atoms with Crippen molar-refractivity contribution < 1.29 is 0 Å². The highest BCUT2D eigenvalue weighted by Crippen LogP contribution is 2.23. The molecule has 0 aromatic carbocycles. The molecule has 0 saturated carbocycles. The van der Waals surface area contributed by atoms with Gasteiger partial charge in [0.25, 0.3) is 0 Å². The molecule has 0 spiro atoms. The average Bonchev–Trinajstić information content (AvgIpc) is 2.52. The summed E-state index contributed by atoms with van der Waals surface area (Å²) in [7, 11) is 0. The van der Waals surface area contributed by atoms with Crippen molar-refractivity contribution in [1.82, 2.24) is 5.32 Å². The summed E-state index contributed by atoms with van der Waals surface area (Å²) in [5.41, 5.74) is 1.39. The number of nitrogens with one attached hydrogen (secondary N) is 1. The van der Waals surface area contributed by atoms with Crippen molar-refractivity contribution in [3.63, 3.8) is 0 Å². The van der Waals surface area contributed by atoms with E-state index in [1.807, 2.05) is 17.4 Å². The molecule has 1 aromatic rings. The molecule has 1 rings (SSSR count). The van der Waals surface area contributed by atoms with Crippen LogP contribution in [0.25, 0.3) is 0 Å². The smallest absolute Gasteiger partial charge is 0.0388 e. The largest absolute Gasteiger partial charge is 0.309 e. The molecular formula is C11H17NS. The summed E-state index contributed by atoms with van der Waals surface area (Å²) >= 11 is 1.83. The summed E-state index contributed by atoms with van der Waals surface area (Å²) in [6.45, 7) is 9.09. The van der Waals surface area contributed by atoms with Crippen molar-refractivity contribution >= 4 is 11.3 Å². The van der Waals surface area contributed by atoms with Crippen LogP contribution in [0.2, 0.25) is 0 Å². The van der Waals surface area contributed by atoms with Gasteiger partial charge in [0.05, 0.1) is 0 Å². The molecule has 0 radical (unpaired) electrons. The second-order valence-corrected chi connectivity index (χ2v) is 4.17. The molecule has 0 bridgehead atoms. The number of rotatable bonds is 5. The first kappa shape index (κ1) is 10.5. The van der Waals surface area contributed by atoms with Crippen LogP contribution < -0.4 is 5.32 Å². The van der Waals surface area contributed by atoms with Gasteiger partial charge >= 0.3 is 0 Å². The van der Waals surface area contributed by atoms with E-state index in [1.54, 1.807) is 0 Å². The van der Waals surface area contributed by atoms with Gasteiger partial charge in [-0.25, -0.2) is 0 Å².